The van der Waals surface area contributed by atoms with Crippen molar-refractivity contribution in [2.24, 2.45) is 5.73 Å². The summed E-state index contributed by atoms with van der Waals surface area (Å²) in [6.07, 6.45) is 3.92. The van der Waals surface area contributed by atoms with Gasteiger partial charge in [0.2, 0.25) is 5.91 Å². The van der Waals surface area contributed by atoms with Crippen LogP contribution in [0.1, 0.15) is 52.9 Å². The summed E-state index contributed by atoms with van der Waals surface area (Å²) >= 11 is 0. The van der Waals surface area contributed by atoms with Crippen LogP contribution in [0.3, 0.4) is 0 Å². The van der Waals surface area contributed by atoms with Crippen LogP contribution in [-0.2, 0) is 17.6 Å². The van der Waals surface area contributed by atoms with Crippen molar-refractivity contribution in [3.63, 3.8) is 0 Å². The number of rotatable bonds is 6. The lowest BCUT2D eigenvalue weighted by molar-refractivity contribution is -0.123. The molecule has 1 aromatic heterocycles. The number of carbonyl (C=O) groups excluding carboxylic acids is 2. The molecule has 0 saturated heterocycles. The van der Waals surface area contributed by atoms with E-state index in [-0.39, 0.29) is 5.56 Å². The van der Waals surface area contributed by atoms with E-state index in [1.54, 1.807) is 13.0 Å². The zero-order chi connectivity index (χ0) is 19.4. The second kappa shape index (κ2) is 7.78. The third kappa shape index (κ3) is 4.10. The van der Waals surface area contributed by atoms with Gasteiger partial charge in [-0.2, -0.15) is 0 Å². The number of carbonyl (C=O) groups is 2. The molecule has 1 aromatic carbocycles. The summed E-state index contributed by atoms with van der Waals surface area (Å²) < 4.78 is 5.36. The molecule has 0 aliphatic heterocycles. The molecule has 6 heteroatoms. The summed E-state index contributed by atoms with van der Waals surface area (Å²) in [5.74, 6) is -0.630. The number of nitrogens with one attached hydrogen (secondary N) is 1. The minimum Gasteiger partial charge on any atom is -0.427 e. The largest absolute Gasteiger partial charge is 0.427 e. The summed E-state index contributed by atoms with van der Waals surface area (Å²) in [7, 11) is 0. The molecule has 0 unspecified atom stereocenters. The maximum absolute atomic E-state index is 12.7. The molecule has 1 fully saturated rings. The van der Waals surface area contributed by atoms with Gasteiger partial charge in [-0.15, -0.1) is 0 Å². The molecule has 0 atom stereocenters. The highest BCUT2D eigenvalue weighted by Gasteiger charge is 2.41. The highest BCUT2D eigenvalue weighted by molar-refractivity contribution is 5.99. The average molecular weight is 368 g/mol. The van der Waals surface area contributed by atoms with E-state index < -0.39 is 23.0 Å². The second-order valence-electron chi connectivity index (χ2n) is 7.15. The topological polar surface area (TPSA) is 102 Å². The maximum Gasteiger partial charge on any atom is 0.349 e. The van der Waals surface area contributed by atoms with Gasteiger partial charge in [0.05, 0.1) is 0 Å². The van der Waals surface area contributed by atoms with Crippen molar-refractivity contribution >= 4 is 11.8 Å². The SMILES string of the molecule is Cc1cc(CCc2ccccc2)oc(=O)c1C(=O)NC1(C(N)=O)CCCC1. The van der Waals surface area contributed by atoms with Gasteiger partial charge in [-0.3, -0.25) is 9.59 Å². The van der Waals surface area contributed by atoms with Gasteiger partial charge in [-0.1, -0.05) is 43.2 Å². The molecule has 1 saturated carbocycles. The van der Waals surface area contributed by atoms with Gasteiger partial charge in [0.15, 0.2) is 0 Å². The average Bonchev–Trinajstić information content (AvgIpc) is 3.10. The van der Waals surface area contributed by atoms with Gasteiger partial charge in [0, 0.05) is 6.42 Å². The van der Waals surface area contributed by atoms with Crippen molar-refractivity contribution in [3.05, 3.63) is 69.3 Å². The van der Waals surface area contributed by atoms with Crippen LogP contribution in [0.15, 0.2) is 45.6 Å². The summed E-state index contributed by atoms with van der Waals surface area (Å²) in [5.41, 5.74) is 5.36. The zero-order valence-electron chi connectivity index (χ0n) is 15.4. The predicted molar refractivity (Wildman–Crippen MR) is 101 cm³/mol. The number of benzene rings is 1. The molecule has 3 N–H and O–H groups in total. The molecule has 27 heavy (non-hydrogen) atoms. The summed E-state index contributed by atoms with van der Waals surface area (Å²) in [6.45, 7) is 1.70. The smallest absolute Gasteiger partial charge is 0.349 e. The molecule has 1 heterocycles. The van der Waals surface area contributed by atoms with Gasteiger partial charge in [0.25, 0.3) is 5.91 Å². The first-order valence-electron chi connectivity index (χ1n) is 9.21. The van der Waals surface area contributed by atoms with Gasteiger partial charge >= 0.3 is 5.63 Å². The first kappa shape index (κ1) is 18.9. The Hall–Kier alpha value is -2.89. The Kier molecular flexibility index (Phi) is 5.44. The number of aryl methyl sites for hydroxylation is 3. The zero-order valence-corrected chi connectivity index (χ0v) is 15.4. The van der Waals surface area contributed by atoms with Crippen molar-refractivity contribution in [1.29, 1.82) is 0 Å². The molecule has 0 radical (unpaired) electrons. The van der Waals surface area contributed by atoms with Gasteiger partial charge in [-0.25, -0.2) is 4.79 Å². The van der Waals surface area contributed by atoms with Crippen LogP contribution >= 0.6 is 0 Å². The van der Waals surface area contributed by atoms with Crippen LogP contribution in [0.5, 0.6) is 0 Å². The Morgan fingerprint density at radius 2 is 1.81 bits per heavy atom. The van der Waals surface area contributed by atoms with Crippen LogP contribution < -0.4 is 16.7 Å². The lowest BCUT2D eigenvalue weighted by atomic mass is 9.95. The van der Waals surface area contributed by atoms with Gasteiger partial charge in [-0.05, 0) is 43.4 Å². The number of hydrogen-bond acceptors (Lipinski definition) is 4. The molecule has 2 aromatic rings. The molecular weight excluding hydrogens is 344 g/mol. The van der Waals surface area contributed by atoms with Crippen LogP contribution in [0.4, 0.5) is 0 Å². The summed E-state index contributed by atoms with van der Waals surface area (Å²) in [4.78, 5) is 36.9. The molecule has 3 rings (SSSR count). The fraction of sp³-hybridized carbons (Fsp3) is 0.381. The Morgan fingerprint density at radius 3 is 2.41 bits per heavy atom. The number of nitrogens with two attached hydrogens (primary N) is 1. The molecule has 142 valence electrons. The molecule has 0 spiro atoms. The van der Waals surface area contributed by atoms with E-state index in [0.29, 0.717) is 30.6 Å². The Bertz CT molecular complexity index is 896. The van der Waals surface area contributed by atoms with Crippen LogP contribution in [0, 0.1) is 6.92 Å². The number of amides is 2. The van der Waals surface area contributed by atoms with E-state index in [0.717, 1.165) is 24.8 Å². The van der Waals surface area contributed by atoms with Crippen LogP contribution in [-0.4, -0.2) is 17.4 Å². The van der Waals surface area contributed by atoms with E-state index in [1.165, 1.54) is 0 Å². The van der Waals surface area contributed by atoms with E-state index in [1.807, 2.05) is 30.3 Å². The normalized spacial score (nSPS) is 15.4. The van der Waals surface area contributed by atoms with Crippen molar-refractivity contribution in [3.8, 4) is 0 Å². The minimum atomic E-state index is -1.07. The summed E-state index contributed by atoms with van der Waals surface area (Å²) in [5, 5.41) is 2.69. The molecule has 6 nitrogen and oxygen atoms in total. The van der Waals surface area contributed by atoms with E-state index >= 15 is 0 Å². The second-order valence-corrected chi connectivity index (χ2v) is 7.15. The number of hydrogen-bond donors (Lipinski definition) is 2. The van der Waals surface area contributed by atoms with E-state index in [2.05, 4.69) is 5.32 Å². The van der Waals surface area contributed by atoms with Crippen molar-refractivity contribution in [2.45, 2.75) is 51.0 Å². The Morgan fingerprint density at radius 1 is 1.15 bits per heavy atom. The number of primary amides is 1. The van der Waals surface area contributed by atoms with E-state index in [9.17, 15) is 14.4 Å². The Labute approximate surface area is 157 Å². The molecule has 1 aliphatic carbocycles. The van der Waals surface area contributed by atoms with Crippen molar-refractivity contribution in [1.82, 2.24) is 5.32 Å². The van der Waals surface area contributed by atoms with E-state index in [4.69, 9.17) is 10.2 Å². The van der Waals surface area contributed by atoms with Crippen molar-refractivity contribution < 1.29 is 14.0 Å². The van der Waals surface area contributed by atoms with Gasteiger partial charge < -0.3 is 15.5 Å². The highest BCUT2D eigenvalue weighted by Crippen LogP contribution is 2.29. The fourth-order valence-electron chi connectivity index (χ4n) is 3.67. The highest BCUT2D eigenvalue weighted by atomic mass is 16.4. The minimum absolute atomic E-state index is 0.0639. The molecular formula is C21H24N2O4. The van der Waals surface area contributed by atoms with Gasteiger partial charge in [0.1, 0.15) is 16.9 Å². The molecule has 2 amide bonds. The lowest BCUT2D eigenvalue weighted by Crippen LogP contribution is -2.56. The maximum atomic E-state index is 12.7. The monoisotopic (exact) mass is 368 g/mol. The molecule has 1 aliphatic rings. The van der Waals surface area contributed by atoms with Crippen LogP contribution in [0.2, 0.25) is 0 Å². The molecule has 0 bridgehead atoms. The van der Waals surface area contributed by atoms with Crippen molar-refractivity contribution in [2.75, 3.05) is 0 Å². The quantitative estimate of drug-likeness (QED) is 0.816. The predicted octanol–water partition coefficient (Wildman–Crippen LogP) is 2.26. The lowest BCUT2D eigenvalue weighted by Gasteiger charge is -2.26. The third-order valence-electron chi connectivity index (χ3n) is 5.21. The van der Waals surface area contributed by atoms with Crippen LogP contribution in [0.25, 0.3) is 0 Å². The summed E-state index contributed by atoms with van der Waals surface area (Å²) in [6, 6.07) is 11.6. The first-order valence-corrected chi connectivity index (χ1v) is 9.21. The third-order valence-corrected chi connectivity index (χ3v) is 5.21. The first-order chi connectivity index (χ1) is 12.9. The standard InChI is InChI=1S/C21H24N2O4/c1-14-13-16(10-9-15-7-3-2-4-8-15)27-19(25)17(14)18(24)23-21(20(22)26)11-5-6-12-21/h2-4,7-8,13H,5-6,9-12H2,1H3,(H2,22,26)(H,23,24). The fourth-order valence-corrected chi connectivity index (χ4v) is 3.67. The Balaban J connectivity index is 1.77.